The van der Waals surface area contributed by atoms with Crippen LogP contribution in [0.3, 0.4) is 0 Å². The van der Waals surface area contributed by atoms with E-state index in [-0.39, 0.29) is 0 Å². The van der Waals surface area contributed by atoms with Gasteiger partial charge >= 0.3 is 0 Å². The van der Waals surface area contributed by atoms with Gasteiger partial charge in [0.2, 0.25) is 0 Å². The zero-order valence-electron chi connectivity index (χ0n) is 6.46. The summed E-state index contributed by atoms with van der Waals surface area (Å²) in [7, 11) is 0. The van der Waals surface area contributed by atoms with Crippen LogP contribution in [0.25, 0.3) is 0 Å². The van der Waals surface area contributed by atoms with Crippen molar-refractivity contribution in [2.45, 2.75) is 13.8 Å². The van der Waals surface area contributed by atoms with Crippen LogP contribution in [0.2, 0.25) is 0 Å². The van der Waals surface area contributed by atoms with E-state index in [2.05, 4.69) is 30.0 Å². The van der Waals surface area contributed by atoms with Crippen LogP contribution in [0.5, 0.6) is 0 Å². The molecule has 0 N–H and O–H groups in total. The van der Waals surface area contributed by atoms with Crippen molar-refractivity contribution in [3.8, 4) is 12.0 Å². The zero-order chi connectivity index (χ0) is 7.40. The highest BCUT2D eigenvalue weighted by Gasteiger charge is 2.06. The van der Waals surface area contributed by atoms with Crippen molar-refractivity contribution in [2.75, 3.05) is 13.2 Å². The molecule has 1 heterocycles. The molecule has 0 aliphatic carbocycles. The number of rotatable bonds is 1. The topological polar surface area (TPSA) is 6.48 Å². The molecule has 0 aromatic heterocycles. The molecule has 0 fully saturated rings. The quantitative estimate of drug-likeness (QED) is 0.497. The van der Waals surface area contributed by atoms with E-state index in [1.165, 1.54) is 0 Å². The van der Waals surface area contributed by atoms with E-state index in [9.17, 15) is 0 Å². The Balaban J connectivity index is 2.42. The van der Waals surface area contributed by atoms with E-state index in [1.54, 1.807) is 0 Å². The van der Waals surface area contributed by atoms with Crippen LogP contribution >= 0.6 is 0 Å². The third-order valence-corrected chi connectivity index (χ3v) is 1.45. The first-order chi connectivity index (χ1) is 4.86. The third-order valence-electron chi connectivity index (χ3n) is 1.45. The molecule has 0 atom stereocenters. The molecule has 0 saturated heterocycles. The van der Waals surface area contributed by atoms with Crippen LogP contribution < -0.4 is 0 Å². The molecule has 0 aromatic carbocycles. The lowest BCUT2D eigenvalue weighted by Gasteiger charge is -2.13. The highest BCUT2D eigenvalue weighted by atomic mass is 15.3. The van der Waals surface area contributed by atoms with Gasteiger partial charge in [-0.05, 0) is 13.8 Å². The molecular formula is C8H12N2. The maximum atomic E-state index is 2.96. The van der Waals surface area contributed by atoms with Gasteiger partial charge in [-0.3, -0.25) is 4.90 Å². The van der Waals surface area contributed by atoms with Crippen LogP contribution in [-0.2, 0) is 0 Å². The lowest BCUT2D eigenvalue weighted by atomic mass is 10.6. The Hall–Kier alpha value is -1.10. The first-order valence-electron chi connectivity index (χ1n) is 3.48. The maximum Gasteiger partial charge on any atom is 0.102 e. The summed E-state index contributed by atoms with van der Waals surface area (Å²) in [5.41, 5.74) is 0. The van der Waals surface area contributed by atoms with Crippen LogP contribution in [0, 0.1) is 12.0 Å². The van der Waals surface area contributed by atoms with Crippen molar-refractivity contribution >= 4 is 0 Å². The Bertz CT molecular complexity index is 185. The first-order valence-corrected chi connectivity index (χ1v) is 3.48. The van der Waals surface area contributed by atoms with Gasteiger partial charge in [0.15, 0.2) is 0 Å². The molecule has 0 unspecified atom stereocenters. The third kappa shape index (κ3) is 1.44. The summed E-state index contributed by atoms with van der Waals surface area (Å²) in [5, 5.41) is 0. The normalized spacial score (nSPS) is 15.4. The second kappa shape index (κ2) is 3.17. The molecule has 10 heavy (non-hydrogen) atoms. The number of hydrogen-bond acceptors (Lipinski definition) is 2. The van der Waals surface area contributed by atoms with Crippen molar-refractivity contribution in [1.29, 1.82) is 0 Å². The van der Waals surface area contributed by atoms with Crippen LogP contribution in [0.1, 0.15) is 13.8 Å². The standard InChI is InChI=1S/C8H12N2/c1-3-5-10-7-6-9(4-2)8-10/h6-7H,4,8H2,1-2H3. The van der Waals surface area contributed by atoms with Crippen LogP contribution in [-0.4, -0.2) is 23.0 Å². The van der Waals surface area contributed by atoms with E-state index < -0.39 is 0 Å². The largest absolute Gasteiger partial charge is 0.358 e. The van der Waals surface area contributed by atoms with Gasteiger partial charge in [0.05, 0.1) is 0 Å². The van der Waals surface area contributed by atoms with Crippen molar-refractivity contribution < 1.29 is 0 Å². The van der Waals surface area contributed by atoms with Crippen molar-refractivity contribution in [3.05, 3.63) is 12.4 Å². The van der Waals surface area contributed by atoms with Crippen LogP contribution in [0.4, 0.5) is 0 Å². The molecule has 0 saturated carbocycles. The van der Waals surface area contributed by atoms with Gasteiger partial charge in [0.25, 0.3) is 0 Å². The minimum atomic E-state index is 0.914. The number of hydrogen-bond donors (Lipinski definition) is 0. The first kappa shape index (κ1) is 7.01. The van der Waals surface area contributed by atoms with E-state index in [1.807, 2.05) is 18.0 Å². The highest BCUT2D eigenvalue weighted by molar-refractivity contribution is 5.04. The molecule has 1 aliphatic rings. The van der Waals surface area contributed by atoms with Gasteiger partial charge in [0, 0.05) is 25.0 Å². The van der Waals surface area contributed by atoms with E-state index in [0.717, 1.165) is 13.2 Å². The average molecular weight is 136 g/mol. The van der Waals surface area contributed by atoms with Gasteiger partial charge in [-0.2, -0.15) is 0 Å². The predicted molar refractivity (Wildman–Crippen MR) is 41.7 cm³/mol. The Morgan fingerprint density at radius 1 is 1.50 bits per heavy atom. The fraction of sp³-hybridized carbons (Fsp3) is 0.500. The van der Waals surface area contributed by atoms with Crippen molar-refractivity contribution in [1.82, 2.24) is 9.80 Å². The summed E-state index contributed by atoms with van der Waals surface area (Å²) in [6, 6.07) is 2.96. The second-order valence-electron chi connectivity index (χ2n) is 2.18. The van der Waals surface area contributed by atoms with Crippen molar-refractivity contribution in [3.63, 3.8) is 0 Å². The smallest absolute Gasteiger partial charge is 0.102 e. The second-order valence-corrected chi connectivity index (χ2v) is 2.18. The summed E-state index contributed by atoms with van der Waals surface area (Å²) in [6.07, 6.45) is 4.06. The van der Waals surface area contributed by atoms with Gasteiger partial charge in [-0.1, -0.05) is 5.92 Å². The summed E-state index contributed by atoms with van der Waals surface area (Å²) in [5.74, 6) is 2.85. The maximum absolute atomic E-state index is 2.96. The Kier molecular flexibility index (Phi) is 2.22. The molecule has 1 rings (SSSR count). The Morgan fingerprint density at radius 2 is 2.30 bits per heavy atom. The SMILES string of the molecule is CC#CN1C=CN(CC)C1. The molecule has 0 bridgehead atoms. The van der Waals surface area contributed by atoms with Gasteiger partial charge in [-0.25, -0.2) is 0 Å². The highest BCUT2D eigenvalue weighted by Crippen LogP contribution is 2.02. The van der Waals surface area contributed by atoms with E-state index in [4.69, 9.17) is 0 Å². The molecule has 54 valence electrons. The zero-order valence-corrected chi connectivity index (χ0v) is 6.46. The Morgan fingerprint density at radius 3 is 2.80 bits per heavy atom. The fourth-order valence-corrected chi connectivity index (χ4v) is 0.886. The fourth-order valence-electron chi connectivity index (χ4n) is 0.886. The molecular weight excluding hydrogens is 124 g/mol. The molecule has 1 aliphatic heterocycles. The number of nitrogens with zero attached hydrogens (tertiary/aromatic N) is 2. The molecule has 2 heteroatoms. The van der Waals surface area contributed by atoms with E-state index in [0.29, 0.717) is 0 Å². The monoisotopic (exact) mass is 136 g/mol. The van der Waals surface area contributed by atoms with Gasteiger partial charge in [0.1, 0.15) is 6.67 Å². The average Bonchev–Trinajstić information content (AvgIpc) is 2.37. The summed E-state index contributed by atoms with van der Waals surface area (Å²) in [6.45, 7) is 5.95. The molecule has 0 aromatic rings. The van der Waals surface area contributed by atoms with Gasteiger partial charge in [-0.15, -0.1) is 0 Å². The minimum absolute atomic E-state index is 0.914. The molecule has 0 spiro atoms. The minimum Gasteiger partial charge on any atom is -0.358 e. The van der Waals surface area contributed by atoms with E-state index >= 15 is 0 Å². The summed E-state index contributed by atoms with van der Waals surface area (Å²) in [4.78, 5) is 4.17. The Labute approximate surface area is 62.1 Å². The van der Waals surface area contributed by atoms with Gasteiger partial charge < -0.3 is 4.90 Å². The predicted octanol–water partition coefficient (Wildman–Crippen LogP) is 1.03. The van der Waals surface area contributed by atoms with Crippen LogP contribution in [0.15, 0.2) is 12.4 Å². The summed E-state index contributed by atoms with van der Waals surface area (Å²) >= 11 is 0. The summed E-state index contributed by atoms with van der Waals surface area (Å²) < 4.78 is 0. The lowest BCUT2D eigenvalue weighted by molar-refractivity contribution is 0.337. The van der Waals surface area contributed by atoms with Crippen molar-refractivity contribution in [2.24, 2.45) is 0 Å². The molecule has 0 amide bonds. The lowest BCUT2D eigenvalue weighted by Crippen LogP contribution is -2.21. The molecule has 2 nitrogen and oxygen atoms in total. The molecule has 0 radical (unpaired) electrons.